The number of amides is 1. The number of rotatable bonds is 2. The Morgan fingerprint density at radius 3 is 2.71 bits per heavy atom. The fraction of sp³-hybridized carbons (Fsp3) is 0.524. The fourth-order valence-corrected chi connectivity index (χ4v) is 4.71. The molecule has 1 amide bonds. The molecule has 1 spiro atoms. The predicted octanol–water partition coefficient (Wildman–Crippen LogP) is 2.29. The molecule has 5 rings (SSSR count). The van der Waals surface area contributed by atoms with Crippen LogP contribution < -0.4 is 5.32 Å². The molecule has 0 bridgehead atoms. The topological polar surface area (TPSA) is 59.4 Å². The number of benzene rings is 1. The third-order valence-corrected chi connectivity index (χ3v) is 6.28. The lowest BCUT2D eigenvalue weighted by atomic mass is 9.83. The summed E-state index contributed by atoms with van der Waals surface area (Å²) in [7, 11) is 0. The Bertz CT molecular complexity index is 824. The van der Waals surface area contributed by atoms with E-state index in [1.165, 1.54) is 5.56 Å². The number of carbonyl (C=O) groups excluding carboxylic acids is 1. The van der Waals surface area contributed by atoms with E-state index in [-0.39, 0.29) is 23.9 Å². The smallest absolute Gasteiger partial charge is 0.227 e. The lowest BCUT2D eigenvalue weighted by Gasteiger charge is -2.43. The molecule has 2 saturated heterocycles. The molecular weight excluding hydrogens is 376 g/mol. The van der Waals surface area contributed by atoms with E-state index in [2.05, 4.69) is 23.6 Å². The molecule has 2 fully saturated rings. The molecule has 6 nitrogen and oxygen atoms in total. The summed E-state index contributed by atoms with van der Waals surface area (Å²) in [6.07, 6.45) is 5.68. The van der Waals surface area contributed by atoms with Crippen molar-refractivity contribution in [1.82, 2.24) is 20.0 Å². The first-order valence-corrected chi connectivity index (χ1v) is 10.0. The second-order valence-electron chi connectivity index (χ2n) is 7.89. The monoisotopic (exact) mass is 402 g/mol. The molecule has 28 heavy (non-hydrogen) atoms. The summed E-state index contributed by atoms with van der Waals surface area (Å²) in [5, 5.41) is 8.22. The van der Waals surface area contributed by atoms with E-state index >= 15 is 0 Å². The number of nitrogens with one attached hydrogen (secondary N) is 1. The second kappa shape index (κ2) is 7.85. The van der Waals surface area contributed by atoms with Crippen LogP contribution in [0, 0.1) is 5.92 Å². The number of piperidine rings is 1. The molecular formula is C21H27ClN4O2. The minimum atomic E-state index is -0.335. The van der Waals surface area contributed by atoms with Crippen LogP contribution >= 0.6 is 12.4 Å². The molecule has 1 N–H and O–H groups in total. The van der Waals surface area contributed by atoms with Crippen LogP contribution in [0.25, 0.3) is 5.69 Å². The summed E-state index contributed by atoms with van der Waals surface area (Å²) >= 11 is 0. The first kappa shape index (κ1) is 19.4. The zero-order valence-corrected chi connectivity index (χ0v) is 16.8. The molecule has 7 heteroatoms. The zero-order valence-electron chi connectivity index (χ0n) is 16.0. The summed E-state index contributed by atoms with van der Waals surface area (Å²) in [5.41, 5.74) is 3.10. The second-order valence-corrected chi connectivity index (χ2v) is 7.89. The summed E-state index contributed by atoms with van der Waals surface area (Å²) in [4.78, 5) is 14.8. The first-order chi connectivity index (χ1) is 13.3. The Labute approximate surface area is 171 Å². The number of para-hydroxylation sites is 1. The van der Waals surface area contributed by atoms with Gasteiger partial charge in [-0.25, -0.2) is 4.68 Å². The highest BCUT2D eigenvalue weighted by Gasteiger charge is 2.44. The summed E-state index contributed by atoms with van der Waals surface area (Å²) in [6.45, 7) is 4.02. The first-order valence-electron chi connectivity index (χ1n) is 10.0. The number of halogens is 1. The SMILES string of the molecule is Cl.O=C([C@@H]1CCNC1)N1CCC2(CC1)OCCc1cn(-c3ccccc3)nc12. The van der Waals surface area contributed by atoms with E-state index < -0.39 is 0 Å². The molecule has 2 aromatic rings. The quantitative estimate of drug-likeness (QED) is 0.837. The van der Waals surface area contributed by atoms with Gasteiger partial charge < -0.3 is 15.0 Å². The van der Waals surface area contributed by atoms with Gasteiger partial charge >= 0.3 is 0 Å². The van der Waals surface area contributed by atoms with E-state index in [0.29, 0.717) is 5.91 Å². The van der Waals surface area contributed by atoms with Crippen molar-refractivity contribution >= 4 is 18.3 Å². The maximum absolute atomic E-state index is 12.7. The Balaban J connectivity index is 0.00000192. The van der Waals surface area contributed by atoms with Crippen molar-refractivity contribution in [2.75, 3.05) is 32.8 Å². The van der Waals surface area contributed by atoms with Gasteiger partial charge in [-0.3, -0.25) is 4.79 Å². The van der Waals surface area contributed by atoms with E-state index in [1.54, 1.807) is 0 Å². The van der Waals surface area contributed by atoms with Crippen LogP contribution in [0.1, 0.15) is 30.5 Å². The van der Waals surface area contributed by atoms with Crippen LogP contribution in [0.3, 0.4) is 0 Å². The average Bonchev–Trinajstić information content (AvgIpc) is 3.40. The van der Waals surface area contributed by atoms with Gasteiger partial charge in [0.05, 0.1) is 23.9 Å². The molecule has 1 atom stereocenters. The highest BCUT2D eigenvalue weighted by Crippen LogP contribution is 2.41. The Hall–Kier alpha value is -1.89. The molecule has 0 radical (unpaired) electrons. The molecule has 3 aliphatic heterocycles. The normalized spacial score (nSPS) is 23.3. The minimum Gasteiger partial charge on any atom is -0.368 e. The maximum Gasteiger partial charge on any atom is 0.227 e. The Morgan fingerprint density at radius 1 is 1.21 bits per heavy atom. The summed E-state index contributed by atoms with van der Waals surface area (Å²) in [5.74, 6) is 0.458. The van der Waals surface area contributed by atoms with E-state index in [4.69, 9.17) is 9.84 Å². The number of fused-ring (bicyclic) bond motifs is 2. The van der Waals surface area contributed by atoms with Crippen LogP contribution in [0.2, 0.25) is 0 Å². The number of nitrogens with zero attached hydrogens (tertiary/aromatic N) is 3. The fourth-order valence-electron chi connectivity index (χ4n) is 4.71. The zero-order chi connectivity index (χ0) is 18.3. The van der Waals surface area contributed by atoms with E-state index in [1.807, 2.05) is 27.8 Å². The molecule has 3 aliphatic rings. The van der Waals surface area contributed by atoms with Gasteiger partial charge in [0, 0.05) is 25.8 Å². The number of hydrogen-bond acceptors (Lipinski definition) is 4. The average molecular weight is 403 g/mol. The van der Waals surface area contributed by atoms with E-state index in [9.17, 15) is 4.79 Å². The molecule has 0 aliphatic carbocycles. The standard InChI is InChI=1S/C21H26N4O2.ClH/c26-20(16-6-10-22-14-16)24-11-8-21(9-12-24)19-17(7-13-27-21)15-25(23-19)18-4-2-1-3-5-18;/h1-5,15-16,22H,6-14H2;1H/t16-;/m1./s1. The largest absolute Gasteiger partial charge is 0.368 e. The van der Waals surface area contributed by atoms with Gasteiger partial charge in [-0.1, -0.05) is 18.2 Å². The number of aromatic nitrogens is 2. The maximum atomic E-state index is 12.7. The van der Waals surface area contributed by atoms with Crippen molar-refractivity contribution in [3.8, 4) is 5.69 Å². The van der Waals surface area contributed by atoms with Crippen LogP contribution in [-0.2, 0) is 21.6 Å². The summed E-state index contributed by atoms with van der Waals surface area (Å²) < 4.78 is 8.28. The third kappa shape index (κ3) is 3.34. The van der Waals surface area contributed by atoms with Crippen molar-refractivity contribution in [3.63, 3.8) is 0 Å². The molecule has 0 unspecified atom stereocenters. The van der Waals surface area contributed by atoms with E-state index in [0.717, 1.165) is 69.9 Å². The third-order valence-electron chi connectivity index (χ3n) is 6.28. The van der Waals surface area contributed by atoms with Crippen LogP contribution in [0.15, 0.2) is 36.5 Å². The lowest BCUT2D eigenvalue weighted by Crippen LogP contribution is -2.50. The van der Waals surface area contributed by atoms with Gasteiger partial charge in [0.1, 0.15) is 5.60 Å². The highest BCUT2D eigenvalue weighted by atomic mass is 35.5. The number of carbonyl (C=O) groups is 1. The molecule has 150 valence electrons. The predicted molar refractivity (Wildman–Crippen MR) is 109 cm³/mol. The minimum absolute atomic E-state index is 0. The van der Waals surface area contributed by atoms with Gasteiger partial charge in [0.25, 0.3) is 0 Å². The van der Waals surface area contributed by atoms with Crippen molar-refractivity contribution < 1.29 is 9.53 Å². The number of hydrogen-bond donors (Lipinski definition) is 1. The van der Waals surface area contributed by atoms with Gasteiger partial charge in [-0.15, -0.1) is 12.4 Å². The van der Waals surface area contributed by atoms with Crippen LogP contribution in [-0.4, -0.2) is 53.4 Å². The molecule has 4 heterocycles. The Morgan fingerprint density at radius 2 is 2.00 bits per heavy atom. The van der Waals surface area contributed by atoms with Crippen molar-refractivity contribution in [2.24, 2.45) is 5.92 Å². The molecule has 0 saturated carbocycles. The van der Waals surface area contributed by atoms with Crippen LogP contribution in [0.5, 0.6) is 0 Å². The van der Waals surface area contributed by atoms with Crippen molar-refractivity contribution in [2.45, 2.75) is 31.3 Å². The van der Waals surface area contributed by atoms with Crippen molar-refractivity contribution in [1.29, 1.82) is 0 Å². The van der Waals surface area contributed by atoms with Gasteiger partial charge in [0.2, 0.25) is 5.91 Å². The molecule has 1 aromatic carbocycles. The van der Waals surface area contributed by atoms with Crippen molar-refractivity contribution in [3.05, 3.63) is 47.8 Å². The van der Waals surface area contributed by atoms with Gasteiger partial charge in [-0.2, -0.15) is 5.10 Å². The molecule has 1 aromatic heterocycles. The van der Waals surface area contributed by atoms with Crippen LogP contribution in [0.4, 0.5) is 0 Å². The van der Waals surface area contributed by atoms with Gasteiger partial charge in [-0.05, 0) is 49.9 Å². The number of likely N-dealkylation sites (tertiary alicyclic amines) is 1. The Kier molecular flexibility index (Phi) is 5.45. The highest BCUT2D eigenvalue weighted by molar-refractivity contribution is 5.85. The number of ether oxygens (including phenoxy) is 1. The lowest BCUT2D eigenvalue weighted by molar-refractivity contribution is -0.144. The van der Waals surface area contributed by atoms with Gasteiger partial charge in [0.15, 0.2) is 0 Å². The summed E-state index contributed by atoms with van der Waals surface area (Å²) in [6, 6.07) is 10.2.